The summed E-state index contributed by atoms with van der Waals surface area (Å²) in [7, 11) is 1.68. The number of oxime groups is 1. The van der Waals surface area contributed by atoms with Crippen LogP contribution in [0.3, 0.4) is 0 Å². The zero-order valence-corrected chi connectivity index (χ0v) is 14.7. The van der Waals surface area contributed by atoms with E-state index in [1.54, 1.807) is 7.11 Å². The van der Waals surface area contributed by atoms with Gasteiger partial charge >= 0.3 is 0 Å². The van der Waals surface area contributed by atoms with Gasteiger partial charge in [0, 0.05) is 5.56 Å². The standard InChI is InChI=1S/C19H32N2O2/c1-3-4-5-6-7-8-9-10-11-12-16-15-17(19(20)21-22)13-14-18(16)23-2/h13-15,22H,3-12H2,1-2H3,(H2,20,21). The highest BCUT2D eigenvalue weighted by Crippen LogP contribution is 2.22. The lowest BCUT2D eigenvalue weighted by atomic mass is 10.0. The van der Waals surface area contributed by atoms with Gasteiger partial charge in [-0.2, -0.15) is 0 Å². The molecule has 1 aromatic rings. The number of hydrogen-bond donors (Lipinski definition) is 2. The third-order valence-electron chi connectivity index (χ3n) is 4.23. The summed E-state index contributed by atoms with van der Waals surface area (Å²) in [6, 6.07) is 5.66. The third kappa shape index (κ3) is 7.40. The molecule has 4 nitrogen and oxygen atoms in total. The van der Waals surface area contributed by atoms with Gasteiger partial charge in [-0.05, 0) is 36.6 Å². The van der Waals surface area contributed by atoms with E-state index in [9.17, 15) is 0 Å². The number of benzene rings is 1. The van der Waals surface area contributed by atoms with Crippen molar-refractivity contribution in [2.24, 2.45) is 10.9 Å². The molecule has 1 aromatic carbocycles. The molecule has 0 spiro atoms. The third-order valence-corrected chi connectivity index (χ3v) is 4.23. The molecular weight excluding hydrogens is 288 g/mol. The fourth-order valence-electron chi connectivity index (χ4n) is 2.82. The smallest absolute Gasteiger partial charge is 0.170 e. The number of amidine groups is 1. The molecule has 0 bridgehead atoms. The van der Waals surface area contributed by atoms with Crippen LogP contribution in [0.25, 0.3) is 0 Å². The molecule has 0 heterocycles. The zero-order valence-electron chi connectivity index (χ0n) is 14.7. The summed E-state index contributed by atoms with van der Waals surface area (Å²) in [6.07, 6.45) is 12.8. The molecule has 0 aromatic heterocycles. The van der Waals surface area contributed by atoms with Crippen molar-refractivity contribution in [3.63, 3.8) is 0 Å². The first-order valence-corrected chi connectivity index (χ1v) is 8.87. The van der Waals surface area contributed by atoms with Crippen molar-refractivity contribution < 1.29 is 9.94 Å². The Morgan fingerprint density at radius 1 is 1.04 bits per heavy atom. The number of unbranched alkanes of at least 4 members (excludes halogenated alkanes) is 8. The highest BCUT2D eigenvalue weighted by atomic mass is 16.5. The minimum absolute atomic E-state index is 0.140. The van der Waals surface area contributed by atoms with Gasteiger partial charge in [-0.3, -0.25) is 0 Å². The van der Waals surface area contributed by atoms with Gasteiger partial charge in [0.05, 0.1) is 7.11 Å². The minimum Gasteiger partial charge on any atom is -0.496 e. The molecule has 0 saturated carbocycles. The quantitative estimate of drug-likeness (QED) is 0.190. The maximum absolute atomic E-state index is 8.79. The van der Waals surface area contributed by atoms with E-state index in [2.05, 4.69) is 12.1 Å². The fourth-order valence-corrected chi connectivity index (χ4v) is 2.82. The highest BCUT2D eigenvalue weighted by Gasteiger charge is 2.07. The Balaban J connectivity index is 2.33. The second kappa shape index (κ2) is 11.8. The normalized spacial score (nSPS) is 11.7. The van der Waals surface area contributed by atoms with Crippen LogP contribution in [0.15, 0.2) is 23.4 Å². The van der Waals surface area contributed by atoms with Crippen molar-refractivity contribution in [1.82, 2.24) is 0 Å². The van der Waals surface area contributed by atoms with Gasteiger partial charge < -0.3 is 15.7 Å². The molecule has 130 valence electrons. The number of rotatable bonds is 12. The SMILES string of the molecule is CCCCCCCCCCCc1cc(C(N)=NO)ccc1OC. The van der Waals surface area contributed by atoms with E-state index in [-0.39, 0.29) is 5.84 Å². The van der Waals surface area contributed by atoms with Gasteiger partial charge in [0.2, 0.25) is 0 Å². The van der Waals surface area contributed by atoms with Crippen LogP contribution >= 0.6 is 0 Å². The van der Waals surface area contributed by atoms with E-state index < -0.39 is 0 Å². The van der Waals surface area contributed by atoms with Gasteiger partial charge in [0.25, 0.3) is 0 Å². The number of nitrogens with zero attached hydrogens (tertiary/aromatic N) is 1. The number of hydrogen-bond acceptors (Lipinski definition) is 3. The molecule has 0 fully saturated rings. The molecule has 0 atom stereocenters. The van der Waals surface area contributed by atoms with Gasteiger partial charge in [-0.1, -0.05) is 63.4 Å². The average Bonchev–Trinajstić information content (AvgIpc) is 2.59. The highest BCUT2D eigenvalue weighted by molar-refractivity contribution is 5.97. The molecule has 1 rings (SSSR count). The van der Waals surface area contributed by atoms with Crippen molar-refractivity contribution in [3.05, 3.63) is 29.3 Å². The average molecular weight is 320 g/mol. The molecule has 0 aliphatic heterocycles. The Hall–Kier alpha value is -1.71. The predicted octanol–water partition coefficient (Wildman–Crippen LogP) is 4.86. The molecule has 3 N–H and O–H groups in total. The molecule has 4 heteroatoms. The number of methoxy groups -OCH3 is 1. The summed E-state index contributed by atoms with van der Waals surface area (Å²) < 4.78 is 5.40. The lowest BCUT2D eigenvalue weighted by molar-refractivity contribution is 0.318. The maximum Gasteiger partial charge on any atom is 0.170 e. The summed E-state index contributed by atoms with van der Waals surface area (Å²) in [6.45, 7) is 2.25. The molecule has 0 unspecified atom stereocenters. The van der Waals surface area contributed by atoms with Crippen LogP contribution in [0.5, 0.6) is 5.75 Å². The van der Waals surface area contributed by atoms with Crippen molar-refractivity contribution >= 4 is 5.84 Å². The van der Waals surface area contributed by atoms with Crippen molar-refractivity contribution in [3.8, 4) is 5.75 Å². The molecule has 0 amide bonds. The summed E-state index contributed by atoms with van der Waals surface area (Å²) in [5, 5.41) is 11.8. The van der Waals surface area contributed by atoms with Gasteiger partial charge in [-0.15, -0.1) is 0 Å². The van der Waals surface area contributed by atoms with Gasteiger partial charge in [0.15, 0.2) is 5.84 Å². The van der Waals surface area contributed by atoms with Crippen LogP contribution in [-0.4, -0.2) is 18.2 Å². The molecule has 0 saturated heterocycles. The van der Waals surface area contributed by atoms with E-state index in [0.29, 0.717) is 0 Å². The van der Waals surface area contributed by atoms with Crippen molar-refractivity contribution in [2.75, 3.05) is 7.11 Å². The first-order chi connectivity index (χ1) is 11.2. The van der Waals surface area contributed by atoms with E-state index in [0.717, 1.165) is 29.7 Å². The maximum atomic E-state index is 8.79. The Kier molecular flexibility index (Phi) is 9.92. The first-order valence-electron chi connectivity index (χ1n) is 8.87. The Morgan fingerprint density at radius 3 is 2.22 bits per heavy atom. The lowest BCUT2D eigenvalue weighted by Crippen LogP contribution is -2.13. The molecule has 0 aliphatic rings. The summed E-state index contributed by atoms with van der Waals surface area (Å²) in [5.41, 5.74) is 7.52. The van der Waals surface area contributed by atoms with Crippen LogP contribution in [0.2, 0.25) is 0 Å². The van der Waals surface area contributed by atoms with Crippen LogP contribution < -0.4 is 10.5 Å². The molecule has 0 radical (unpaired) electrons. The Bertz CT molecular complexity index is 472. The topological polar surface area (TPSA) is 67.8 Å². The number of aryl methyl sites for hydroxylation is 1. The van der Waals surface area contributed by atoms with Crippen molar-refractivity contribution in [1.29, 1.82) is 0 Å². The van der Waals surface area contributed by atoms with E-state index in [1.165, 1.54) is 51.4 Å². The largest absolute Gasteiger partial charge is 0.496 e. The Morgan fingerprint density at radius 2 is 1.65 bits per heavy atom. The second-order valence-electron chi connectivity index (χ2n) is 6.09. The summed E-state index contributed by atoms with van der Waals surface area (Å²) >= 11 is 0. The minimum atomic E-state index is 0.140. The Labute approximate surface area is 140 Å². The van der Waals surface area contributed by atoms with Crippen LogP contribution in [0.1, 0.15) is 75.8 Å². The first kappa shape index (κ1) is 19.3. The molecular formula is C19H32N2O2. The molecule has 0 aliphatic carbocycles. The lowest BCUT2D eigenvalue weighted by Gasteiger charge is -2.10. The predicted molar refractivity (Wildman–Crippen MR) is 96.4 cm³/mol. The van der Waals surface area contributed by atoms with E-state index >= 15 is 0 Å². The number of ether oxygens (including phenoxy) is 1. The summed E-state index contributed by atoms with van der Waals surface area (Å²) in [5.74, 6) is 1.01. The van der Waals surface area contributed by atoms with E-state index in [4.69, 9.17) is 15.7 Å². The van der Waals surface area contributed by atoms with Crippen LogP contribution in [-0.2, 0) is 6.42 Å². The fraction of sp³-hybridized carbons (Fsp3) is 0.632. The molecule has 23 heavy (non-hydrogen) atoms. The second-order valence-corrected chi connectivity index (χ2v) is 6.09. The zero-order chi connectivity index (χ0) is 16.9. The van der Waals surface area contributed by atoms with Crippen molar-refractivity contribution in [2.45, 2.75) is 71.1 Å². The van der Waals surface area contributed by atoms with Gasteiger partial charge in [0.1, 0.15) is 5.75 Å². The van der Waals surface area contributed by atoms with Gasteiger partial charge in [-0.25, -0.2) is 0 Å². The summed E-state index contributed by atoms with van der Waals surface area (Å²) in [4.78, 5) is 0. The monoisotopic (exact) mass is 320 g/mol. The van der Waals surface area contributed by atoms with Crippen LogP contribution in [0, 0.1) is 0 Å². The van der Waals surface area contributed by atoms with Crippen LogP contribution in [0.4, 0.5) is 0 Å². The number of nitrogens with two attached hydrogens (primary N) is 1. The van der Waals surface area contributed by atoms with E-state index in [1.807, 2.05) is 18.2 Å².